The van der Waals surface area contributed by atoms with E-state index in [1.54, 1.807) is 19.1 Å². The zero-order valence-electron chi connectivity index (χ0n) is 7.27. The molecule has 0 unspecified atom stereocenters. The molecule has 4 heteroatoms. The third-order valence-electron chi connectivity index (χ3n) is 1.44. The van der Waals surface area contributed by atoms with Crippen LogP contribution in [-0.4, -0.2) is 19.0 Å². The second-order valence-electron chi connectivity index (χ2n) is 2.36. The number of aromatic nitrogens is 1. The lowest BCUT2D eigenvalue weighted by atomic mass is 10.3. The van der Waals surface area contributed by atoms with Crippen LogP contribution in [-0.2, 0) is 4.74 Å². The van der Waals surface area contributed by atoms with Crippen molar-refractivity contribution in [3.05, 3.63) is 30.1 Å². The highest BCUT2D eigenvalue weighted by Crippen LogP contribution is 1.89. The van der Waals surface area contributed by atoms with E-state index in [0.29, 0.717) is 18.5 Å². The fourth-order valence-electron chi connectivity index (χ4n) is 0.875. The zero-order chi connectivity index (χ0) is 9.68. The molecule has 1 aromatic heterocycles. The zero-order valence-corrected chi connectivity index (χ0v) is 7.27. The van der Waals surface area contributed by atoms with Crippen molar-refractivity contribution in [1.29, 1.82) is 0 Å². The minimum absolute atomic E-state index is 0.317. The van der Waals surface area contributed by atoms with Gasteiger partial charge in [0.15, 0.2) is 18.7 Å². The largest absolute Gasteiger partial charge is 0.601 e. The Labute approximate surface area is 75.8 Å². The van der Waals surface area contributed by atoms with Gasteiger partial charge in [-0.05, 0) is 13.0 Å². The fourth-order valence-corrected chi connectivity index (χ4v) is 0.875. The molecule has 13 heavy (non-hydrogen) atoms. The molecule has 0 aliphatic heterocycles. The van der Waals surface area contributed by atoms with Crippen molar-refractivity contribution in [1.82, 2.24) is 0 Å². The molecule has 0 fully saturated rings. The lowest BCUT2D eigenvalue weighted by Crippen LogP contribution is -2.42. The molecule has 68 valence electrons. The van der Waals surface area contributed by atoms with Gasteiger partial charge >= 0.3 is 6.09 Å². The Balaban J connectivity index is 2.88. The van der Waals surface area contributed by atoms with Crippen LogP contribution in [0.25, 0.3) is 0 Å². The maximum Gasteiger partial charge on any atom is 0.601 e. The molecule has 1 heterocycles. The summed E-state index contributed by atoms with van der Waals surface area (Å²) >= 11 is 0. The minimum atomic E-state index is -0.480. The van der Waals surface area contributed by atoms with Gasteiger partial charge in [-0.3, -0.25) is 4.79 Å². The number of ether oxygens (including phenoxy) is 1. The standard InChI is InChI=1S/C9H10NO3/c1-2-13-9(12)10-5-3-4-8(6-10)7-11/h3-7H,2H2,1H3/q+1. The maximum absolute atomic E-state index is 11.1. The fraction of sp³-hybridized carbons (Fsp3) is 0.222. The van der Waals surface area contributed by atoms with Crippen molar-refractivity contribution in [2.24, 2.45) is 0 Å². The van der Waals surface area contributed by atoms with Crippen LogP contribution in [0, 0.1) is 0 Å². The number of rotatable bonds is 2. The highest BCUT2D eigenvalue weighted by Gasteiger charge is 2.14. The van der Waals surface area contributed by atoms with Gasteiger partial charge in [0.25, 0.3) is 0 Å². The first-order valence-corrected chi connectivity index (χ1v) is 3.91. The molecular weight excluding hydrogens is 170 g/mol. The van der Waals surface area contributed by atoms with E-state index in [2.05, 4.69) is 0 Å². The first-order chi connectivity index (χ1) is 6.27. The second kappa shape index (κ2) is 4.35. The SMILES string of the molecule is CCOC(=O)[n+]1cccc(C=O)c1. The van der Waals surface area contributed by atoms with Crippen molar-refractivity contribution < 1.29 is 18.9 Å². The summed E-state index contributed by atoms with van der Waals surface area (Å²) in [5.74, 6) is 0. The van der Waals surface area contributed by atoms with E-state index >= 15 is 0 Å². The molecule has 0 radical (unpaired) electrons. The van der Waals surface area contributed by atoms with Crippen LogP contribution in [0.3, 0.4) is 0 Å². The predicted molar refractivity (Wildman–Crippen MR) is 44.4 cm³/mol. The lowest BCUT2D eigenvalue weighted by Gasteiger charge is -1.94. The predicted octanol–water partition coefficient (Wildman–Crippen LogP) is 0.791. The summed E-state index contributed by atoms with van der Waals surface area (Å²) in [5.41, 5.74) is 0.440. The van der Waals surface area contributed by atoms with E-state index in [1.807, 2.05) is 0 Å². The molecule has 0 saturated heterocycles. The Morgan fingerprint density at radius 1 is 1.69 bits per heavy atom. The molecule has 0 amide bonds. The van der Waals surface area contributed by atoms with Crippen molar-refractivity contribution in [3.63, 3.8) is 0 Å². The monoisotopic (exact) mass is 180 g/mol. The molecule has 0 N–H and O–H groups in total. The molecule has 0 atom stereocenters. The maximum atomic E-state index is 11.1. The third-order valence-corrected chi connectivity index (χ3v) is 1.44. The van der Waals surface area contributed by atoms with Gasteiger partial charge in [-0.15, -0.1) is 0 Å². The van der Waals surface area contributed by atoms with Crippen LogP contribution in [0.4, 0.5) is 4.79 Å². The third kappa shape index (κ3) is 2.37. The number of aldehydes is 1. The van der Waals surface area contributed by atoms with Crippen molar-refractivity contribution in [2.45, 2.75) is 6.92 Å². The van der Waals surface area contributed by atoms with Gasteiger partial charge in [-0.2, -0.15) is 4.79 Å². The molecule has 0 spiro atoms. The molecule has 0 saturated carbocycles. The minimum Gasteiger partial charge on any atom is -0.412 e. The van der Waals surface area contributed by atoms with E-state index in [-0.39, 0.29) is 0 Å². The van der Waals surface area contributed by atoms with Crippen molar-refractivity contribution >= 4 is 12.4 Å². The highest BCUT2D eigenvalue weighted by atomic mass is 16.5. The summed E-state index contributed by atoms with van der Waals surface area (Å²) in [4.78, 5) is 21.5. The lowest BCUT2D eigenvalue weighted by molar-refractivity contribution is -0.586. The van der Waals surface area contributed by atoms with Gasteiger partial charge < -0.3 is 4.74 Å². The summed E-state index contributed by atoms with van der Waals surface area (Å²) in [6.07, 6.45) is 3.15. The van der Waals surface area contributed by atoms with Gasteiger partial charge in [-0.1, -0.05) is 4.57 Å². The first kappa shape index (κ1) is 9.38. The van der Waals surface area contributed by atoms with Gasteiger partial charge in [-0.25, -0.2) is 0 Å². The summed E-state index contributed by atoms with van der Waals surface area (Å²) in [7, 11) is 0. The number of nitrogens with zero attached hydrogens (tertiary/aromatic N) is 1. The number of hydrogen-bond donors (Lipinski definition) is 0. The topological polar surface area (TPSA) is 47.2 Å². The van der Waals surface area contributed by atoms with E-state index in [0.717, 1.165) is 0 Å². The first-order valence-electron chi connectivity index (χ1n) is 3.91. The smallest absolute Gasteiger partial charge is 0.412 e. The van der Waals surface area contributed by atoms with Crippen LogP contribution < -0.4 is 4.57 Å². The second-order valence-corrected chi connectivity index (χ2v) is 2.36. The van der Waals surface area contributed by atoms with Crippen molar-refractivity contribution in [2.75, 3.05) is 6.61 Å². The van der Waals surface area contributed by atoms with Crippen LogP contribution >= 0.6 is 0 Å². The molecule has 1 aromatic rings. The van der Waals surface area contributed by atoms with Gasteiger partial charge in [0.05, 0.1) is 12.2 Å². The average molecular weight is 180 g/mol. The van der Waals surface area contributed by atoms with Crippen molar-refractivity contribution in [3.8, 4) is 0 Å². The highest BCUT2D eigenvalue weighted by molar-refractivity contribution is 5.73. The normalized spacial score (nSPS) is 9.31. The van der Waals surface area contributed by atoms with E-state index in [1.165, 1.54) is 17.0 Å². The number of hydrogen-bond acceptors (Lipinski definition) is 3. The average Bonchev–Trinajstić information content (AvgIpc) is 2.18. The Morgan fingerprint density at radius 3 is 3.08 bits per heavy atom. The van der Waals surface area contributed by atoms with E-state index in [9.17, 15) is 9.59 Å². The Morgan fingerprint density at radius 2 is 2.46 bits per heavy atom. The van der Waals surface area contributed by atoms with Gasteiger partial charge in [0, 0.05) is 6.07 Å². The van der Waals surface area contributed by atoms with Gasteiger partial charge in [0.2, 0.25) is 0 Å². The van der Waals surface area contributed by atoms with Crippen LogP contribution in [0.5, 0.6) is 0 Å². The van der Waals surface area contributed by atoms with Gasteiger partial charge in [0.1, 0.15) is 0 Å². The van der Waals surface area contributed by atoms with E-state index in [4.69, 9.17) is 4.74 Å². The Bertz CT molecular complexity index is 322. The summed E-state index contributed by atoms with van der Waals surface area (Å²) in [6.45, 7) is 2.04. The molecule has 0 bridgehead atoms. The molecule has 0 aliphatic carbocycles. The Kier molecular flexibility index (Phi) is 3.14. The quantitative estimate of drug-likeness (QED) is 0.499. The number of pyridine rings is 1. The molecule has 0 aliphatic rings. The summed E-state index contributed by atoms with van der Waals surface area (Å²) < 4.78 is 5.96. The molecule has 4 nitrogen and oxygen atoms in total. The van der Waals surface area contributed by atoms with E-state index < -0.39 is 6.09 Å². The number of carbonyl (C=O) groups is 2. The summed E-state index contributed by atoms with van der Waals surface area (Å²) in [5, 5.41) is 0. The molecule has 1 rings (SSSR count). The molecule has 0 aromatic carbocycles. The summed E-state index contributed by atoms with van der Waals surface area (Å²) in [6, 6.07) is 3.23. The van der Waals surface area contributed by atoms with Crippen LogP contribution in [0.2, 0.25) is 0 Å². The van der Waals surface area contributed by atoms with Crippen LogP contribution in [0.15, 0.2) is 24.5 Å². The van der Waals surface area contributed by atoms with Crippen LogP contribution in [0.1, 0.15) is 17.3 Å². The molecular formula is C9H10NO3+. The Hall–Kier alpha value is -1.71. The number of carbonyl (C=O) groups excluding carboxylic acids is 2.